The topological polar surface area (TPSA) is 61.9 Å². The largest absolute Gasteiger partial charge is 0.335 e. The number of nitrogens with zero attached hydrogens (tertiary/aromatic N) is 3. The lowest BCUT2D eigenvalue weighted by Crippen LogP contribution is -2.56. The number of amides is 1. The Hall–Kier alpha value is -1.39. The van der Waals surface area contributed by atoms with Gasteiger partial charge in [-0.1, -0.05) is 0 Å². The summed E-state index contributed by atoms with van der Waals surface area (Å²) in [5.74, 6) is 4.28. The Bertz CT molecular complexity index is 510. The van der Waals surface area contributed by atoms with E-state index in [4.69, 9.17) is 0 Å². The first-order valence-corrected chi connectivity index (χ1v) is 7.78. The van der Waals surface area contributed by atoms with Crippen LogP contribution in [0.2, 0.25) is 0 Å². The van der Waals surface area contributed by atoms with E-state index in [9.17, 15) is 4.79 Å². The molecule has 20 heavy (non-hydrogen) atoms. The number of aromatic amines is 1. The van der Waals surface area contributed by atoms with Crippen LogP contribution >= 0.6 is 0 Å². The quantitative estimate of drug-likeness (QED) is 0.897. The van der Waals surface area contributed by atoms with E-state index in [0.29, 0.717) is 29.5 Å². The van der Waals surface area contributed by atoms with Crippen LogP contribution in [0.5, 0.6) is 0 Å². The molecule has 1 aromatic rings. The van der Waals surface area contributed by atoms with Crippen LogP contribution in [0, 0.1) is 30.6 Å². The summed E-state index contributed by atoms with van der Waals surface area (Å²) in [5.41, 5.74) is 0. The van der Waals surface area contributed by atoms with Gasteiger partial charge in [-0.2, -0.15) is 0 Å². The molecule has 1 aromatic heterocycles. The van der Waals surface area contributed by atoms with Gasteiger partial charge in [0.1, 0.15) is 5.82 Å². The van der Waals surface area contributed by atoms with Crippen LogP contribution in [0.3, 0.4) is 0 Å². The number of hydrogen-bond donors (Lipinski definition) is 1. The van der Waals surface area contributed by atoms with Crippen molar-refractivity contribution in [2.24, 2.45) is 23.7 Å². The summed E-state index contributed by atoms with van der Waals surface area (Å²) in [6, 6.07) is 0.411. The molecule has 4 bridgehead atoms. The smallest absolute Gasteiger partial charge is 0.293 e. The summed E-state index contributed by atoms with van der Waals surface area (Å²) in [5, 5.41) is 6.79. The van der Waals surface area contributed by atoms with Crippen molar-refractivity contribution < 1.29 is 4.79 Å². The molecule has 0 unspecified atom stereocenters. The van der Waals surface area contributed by atoms with Crippen LogP contribution in [0.1, 0.15) is 48.5 Å². The zero-order valence-corrected chi connectivity index (χ0v) is 12.2. The minimum Gasteiger partial charge on any atom is -0.335 e. The van der Waals surface area contributed by atoms with E-state index >= 15 is 0 Å². The maximum Gasteiger partial charge on any atom is 0.293 e. The standard InChI is InChI=1S/C15H22N4O/c1-8-16-14(18-17-8)15(20)19(2)13-11-4-9-3-10(6-11)7-12(13)5-9/h9-13H,3-7H2,1-2H3,(H,16,17,18). The molecule has 0 atom stereocenters. The van der Waals surface area contributed by atoms with Crippen LogP contribution in [0.25, 0.3) is 0 Å². The second-order valence-electron chi connectivity index (χ2n) is 7.08. The molecule has 4 aliphatic carbocycles. The Morgan fingerprint density at radius 2 is 1.75 bits per heavy atom. The Balaban J connectivity index is 1.56. The van der Waals surface area contributed by atoms with Gasteiger partial charge < -0.3 is 4.90 Å². The number of carbonyl (C=O) groups is 1. The van der Waals surface area contributed by atoms with Gasteiger partial charge in [0.25, 0.3) is 5.91 Å². The number of nitrogens with one attached hydrogen (secondary N) is 1. The minimum atomic E-state index is -0.0215. The summed E-state index contributed by atoms with van der Waals surface area (Å²) >= 11 is 0. The SMILES string of the molecule is Cc1nc(C(=O)N(C)C2C3CC4CC(C3)CC2C4)n[nH]1. The van der Waals surface area contributed by atoms with Gasteiger partial charge in [0, 0.05) is 13.1 Å². The van der Waals surface area contributed by atoms with Crippen LogP contribution in [0.15, 0.2) is 0 Å². The molecule has 1 N–H and O–H groups in total. The molecule has 5 nitrogen and oxygen atoms in total. The highest BCUT2D eigenvalue weighted by Gasteiger charge is 2.50. The minimum absolute atomic E-state index is 0.0215. The molecule has 0 aromatic carbocycles. The molecule has 4 saturated carbocycles. The number of carbonyl (C=O) groups excluding carboxylic acids is 1. The lowest BCUT2D eigenvalue weighted by molar-refractivity contribution is -0.0493. The van der Waals surface area contributed by atoms with E-state index in [-0.39, 0.29) is 5.91 Å². The molecule has 0 spiro atoms. The molecule has 4 fully saturated rings. The first kappa shape index (κ1) is 12.4. The first-order chi connectivity index (χ1) is 9.61. The Morgan fingerprint density at radius 3 is 2.25 bits per heavy atom. The number of hydrogen-bond acceptors (Lipinski definition) is 3. The van der Waals surface area contributed by atoms with Gasteiger partial charge in [0.15, 0.2) is 0 Å². The van der Waals surface area contributed by atoms with Gasteiger partial charge in [0.05, 0.1) is 0 Å². The summed E-state index contributed by atoms with van der Waals surface area (Å²) in [6.45, 7) is 1.83. The molecular weight excluding hydrogens is 252 g/mol. The van der Waals surface area contributed by atoms with Gasteiger partial charge in [-0.05, 0) is 62.7 Å². The Morgan fingerprint density at radius 1 is 1.15 bits per heavy atom. The average molecular weight is 274 g/mol. The molecule has 4 aliphatic rings. The fourth-order valence-corrected chi connectivity index (χ4v) is 5.26. The number of H-pyrrole nitrogens is 1. The molecule has 5 heteroatoms. The third kappa shape index (κ3) is 1.79. The molecule has 0 aliphatic heterocycles. The summed E-state index contributed by atoms with van der Waals surface area (Å²) in [6.07, 6.45) is 6.73. The maximum absolute atomic E-state index is 12.6. The summed E-state index contributed by atoms with van der Waals surface area (Å²) < 4.78 is 0. The van der Waals surface area contributed by atoms with Crippen LogP contribution in [-0.2, 0) is 0 Å². The van der Waals surface area contributed by atoms with Crippen LogP contribution in [-0.4, -0.2) is 39.1 Å². The lowest BCUT2D eigenvalue weighted by atomic mass is 9.54. The predicted molar refractivity (Wildman–Crippen MR) is 74.0 cm³/mol. The fourth-order valence-electron chi connectivity index (χ4n) is 5.26. The molecule has 0 saturated heterocycles. The molecule has 1 amide bonds. The molecule has 5 rings (SSSR count). The van der Waals surface area contributed by atoms with E-state index < -0.39 is 0 Å². The second-order valence-corrected chi connectivity index (χ2v) is 7.08. The van der Waals surface area contributed by atoms with Crippen molar-refractivity contribution in [1.82, 2.24) is 20.1 Å². The van der Waals surface area contributed by atoms with Gasteiger partial charge >= 0.3 is 0 Å². The van der Waals surface area contributed by atoms with E-state index in [0.717, 1.165) is 11.8 Å². The van der Waals surface area contributed by atoms with Crippen molar-refractivity contribution in [2.45, 2.75) is 45.1 Å². The van der Waals surface area contributed by atoms with Crippen molar-refractivity contribution in [3.63, 3.8) is 0 Å². The highest BCUT2D eigenvalue weighted by Crippen LogP contribution is 2.55. The van der Waals surface area contributed by atoms with E-state index in [2.05, 4.69) is 15.2 Å². The highest BCUT2D eigenvalue weighted by atomic mass is 16.2. The van der Waals surface area contributed by atoms with Crippen molar-refractivity contribution >= 4 is 5.91 Å². The van der Waals surface area contributed by atoms with Crippen molar-refractivity contribution in [2.75, 3.05) is 7.05 Å². The van der Waals surface area contributed by atoms with Crippen LogP contribution in [0.4, 0.5) is 0 Å². The van der Waals surface area contributed by atoms with Crippen LogP contribution < -0.4 is 0 Å². The van der Waals surface area contributed by atoms with E-state index in [1.54, 1.807) is 0 Å². The Kier molecular flexibility index (Phi) is 2.66. The molecule has 1 heterocycles. The monoisotopic (exact) mass is 274 g/mol. The third-order valence-electron chi connectivity index (χ3n) is 5.73. The lowest BCUT2D eigenvalue weighted by Gasteiger charge is -2.56. The van der Waals surface area contributed by atoms with Crippen molar-refractivity contribution in [3.05, 3.63) is 11.6 Å². The molecule has 0 radical (unpaired) electrons. The molecular formula is C15H22N4O. The number of aryl methyl sites for hydroxylation is 1. The van der Waals surface area contributed by atoms with Gasteiger partial charge in [0.2, 0.25) is 5.82 Å². The summed E-state index contributed by atoms with van der Waals surface area (Å²) in [4.78, 5) is 18.7. The third-order valence-corrected chi connectivity index (χ3v) is 5.73. The zero-order chi connectivity index (χ0) is 13.9. The number of aromatic nitrogens is 3. The maximum atomic E-state index is 12.6. The predicted octanol–water partition coefficient (Wildman–Crippen LogP) is 2.01. The van der Waals surface area contributed by atoms with Gasteiger partial charge in [-0.25, -0.2) is 4.98 Å². The number of rotatable bonds is 2. The fraction of sp³-hybridized carbons (Fsp3) is 0.800. The zero-order valence-electron chi connectivity index (χ0n) is 12.2. The summed E-state index contributed by atoms with van der Waals surface area (Å²) in [7, 11) is 1.95. The molecule has 108 valence electrons. The van der Waals surface area contributed by atoms with E-state index in [1.807, 2.05) is 18.9 Å². The second kappa shape index (κ2) is 4.30. The Labute approximate surface area is 119 Å². The average Bonchev–Trinajstić information content (AvgIpc) is 2.83. The highest BCUT2D eigenvalue weighted by molar-refractivity contribution is 5.90. The van der Waals surface area contributed by atoms with Gasteiger partial charge in [-0.3, -0.25) is 9.89 Å². The normalized spacial score (nSPS) is 38.2. The van der Waals surface area contributed by atoms with Gasteiger partial charge in [-0.15, -0.1) is 5.10 Å². The first-order valence-electron chi connectivity index (χ1n) is 7.78. The van der Waals surface area contributed by atoms with E-state index in [1.165, 1.54) is 32.1 Å². The van der Waals surface area contributed by atoms with Crippen molar-refractivity contribution in [1.29, 1.82) is 0 Å². The van der Waals surface area contributed by atoms with Crippen molar-refractivity contribution in [3.8, 4) is 0 Å².